The topological polar surface area (TPSA) is 132 Å². The highest BCUT2D eigenvalue weighted by Gasteiger charge is 2.52. The van der Waals surface area contributed by atoms with Crippen LogP contribution in [0, 0.1) is 17.2 Å². The molecule has 2 bridgehead atoms. The highest BCUT2D eigenvalue weighted by atomic mass is 32.2. The molecule has 2 amide bonds. The lowest BCUT2D eigenvalue weighted by Crippen LogP contribution is -2.61. The van der Waals surface area contributed by atoms with E-state index in [1.54, 1.807) is 24.6 Å². The molecule has 14 nitrogen and oxygen atoms in total. The molecule has 6 heterocycles. The Hall–Kier alpha value is -3.60. The van der Waals surface area contributed by atoms with Gasteiger partial charge in [0, 0.05) is 69.9 Å². The Morgan fingerprint density at radius 1 is 1.04 bits per heavy atom. The number of carbonyl (C=O) groups is 2. The third-order valence-electron chi connectivity index (χ3n) is 12.1. The van der Waals surface area contributed by atoms with Crippen molar-refractivity contribution in [2.75, 3.05) is 70.3 Å². The molecule has 302 valence electrons. The van der Waals surface area contributed by atoms with Crippen molar-refractivity contribution in [2.45, 2.75) is 97.4 Å². The van der Waals surface area contributed by atoms with E-state index in [1.165, 1.54) is 24.5 Å². The van der Waals surface area contributed by atoms with Gasteiger partial charge < -0.3 is 29.1 Å². The van der Waals surface area contributed by atoms with Crippen molar-refractivity contribution in [3.8, 4) is 11.5 Å². The lowest BCUT2D eigenvalue weighted by Gasteiger charge is -2.54. The van der Waals surface area contributed by atoms with Gasteiger partial charge in [0.15, 0.2) is 11.6 Å². The van der Waals surface area contributed by atoms with Crippen LogP contribution in [0.25, 0.3) is 0 Å². The number of anilines is 1. The molecule has 0 radical (unpaired) electrons. The smallest absolute Gasteiger partial charge is 0.410 e. The standard InChI is InChI=1S/C39H57FN8O6S/c1-7-46(27(2)3)36(49)32-18-29(40)8-9-33(32)53-34-20-41-26-42-35(34)44-24-39(25-44)12-16-43(17-13-39)21-28-10-14-45(15-11-28)55(51,52)48-23-30-19-31(48)22-47(30)37(50)54-38(4,5)6/h8-9,18,20,26-28,30-31H,7,10-17,19,21-25H2,1-6H3/t30-,31-/m0/s1. The second-order valence-corrected chi connectivity index (χ2v) is 19.3. The summed E-state index contributed by atoms with van der Waals surface area (Å²) in [5.41, 5.74) is -0.243. The first-order valence-electron chi connectivity index (χ1n) is 19.9. The van der Waals surface area contributed by atoms with Crippen molar-refractivity contribution in [2.24, 2.45) is 11.3 Å². The van der Waals surface area contributed by atoms with Crippen LogP contribution in [0.2, 0.25) is 0 Å². The molecule has 1 aromatic carbocycles. The molecule has 5 aliphatic heterocycles. The van der Waals surface area contributed by atoms with Gasteiger partial charge in [0.2, 0.25) is 0 Å². The van der Waals surface area contributed by atoms with Crippen LogP contribution >= 0.6 is 0 Å². The summed E-state index contributed by atoms with van der Waals surface area (Å²) in [6.07, 6.45) is 7.20. The number of piperazine rings is 1. The molecule has 0 saturated carbocycles. The molecule has 2 aromatic rings. The van der Waals surface area contributed by atoms with Gasteiger partial charge in [-0.1, -0.05) is 0 Å². The third-order valence-corrected chi connectivity index (χ3v) is 14.1. The number of amides is 2. The number of fused-ring (bicyclic) bond motifs is 2. The first kappa shape index (κ1) is 39.6. The van der Waals surface area contributed by atoms with Crippen LogP contribution < -0.4 is 9.64 Å². The minimum Gasteiger partial charge on any atom is -0.451 e. The van der Waals surface area contributed by atoms with Gasteiger partial charge in [-0.05, 0) is 111 Å². The van der Waals surface area contributed by atoms with Crippen molar-refractivity contribution in [3.63, 3.8) is 0 Å². The summed E-state index contributed by atoms with van der Waals surface area (Å²) < 4.78 is 56.8. The lowest BCUT2D eigenvalue weighted by molar-refractivity contribution is 0.0169. The number of ether oxygens (including phenoxy) is 2. The predicted octanol–water partition coefficient (Wildman–Crippen LogP) is 4.83. The predicted molar refractivity (Wildman–Crippen MR) is 206 cm³/mol. The summed E-state index contributed by atoms with van der Waals surface area (Å²) in [6.45, 7) is 18.2. The molecule has 0 aliphatic carbocycles. The number of carbonyl (C=O) groups excluding carboxylic acids is 2. The van der Waals surface area contributed by atoms with Crippen LogP contribution in [-0.4, -0.2) is 143 Å². The Morgan fingerprint density at radius 2 is 1.75 bits per heavy atom. The van der Waals surface area contributed by atoms with Crippen molar-refractivity contribution in [1.82, 2.24) is 33.3 Å². The van der Waals surface area contributed by atoms with Crippen LogP contribution in [0.5, 0.6) is 11.5 Å². The van der Waals surface area contributed by atoms with E-state index in [0.717, 1.165) is 58.4 Å². The molecule has 5 saturated heterocycles. The highest BCUT2D eigenvalue weighted by Crippen LogP contribution is 2.45. The van der Waals surface area contributed by atoms with Crippen molar-refractivity contribution in [1.29, 1.82) is 0 Å². The molecular formula is C39H57FN8O6S. The molecule has 0 N–H and O–H groups in total. The van der Waals surface area contributed by atoms with E-state index in [-0.39, 0.29) is 46.9 Å². The minimum absolute atomic E-state index is 0.0530. The van der Waals surface area contributed by atoms with Gasteiger partial charge in [-0.15, -0.1) is 0 Å². The quantitative estimate of drug-likeness (QED) is 0.330. The number of rotatable bonds is 10. The van der Waals surface area contributed by atoms with Crippen LogP contribution in [0.15, 0.2) is 30.7 Å². The summed E-state index contributed by atoms with van der Waals surface area (Å²) in [5, 5.41) is 0. The van der Waals surface area contributed by atoms with Gasteiger partial charge in [-0.2, -0.15) is 17.0 Å². The van der Waals surface area contributed by atoms with E-state index in [9.17, 15) is 22.4 Å². The van der Waals surface area contributed by atoms with Crippen LogP contribution in [0.1, 0.15) is 84.0 Å². The number of nitrogens with zero attached hydrogens (tertiary/aromatic N) is 8. The van der Waals surface area contributed by atoms with Crippen LogP contribution in [0.4, 0.5) is 15.0 Å². The maximum atomic E-state index is 14.3. The van der Waals surface area contributed by atoms with Gasteiger partial charge >= 0.3 is 6.09 Å². The number of likely N-dealkylation sites (tertiary alicyclic amines) is 2. The summed E-state index contributed by atoms with van der Waals surface area (Å²) in [4.78, 5) is 42.9. The summed E-state index contributed by atoms with van der Waals surface area (Å²) >= 11 is 0. The fraction of sp³-hybridized carbons (Fsp3) is 0.692. The lowest BCUT2D eigenvalue weighted by atomic mass is 9.72. The maximum Gasteiger partial charge on any atom is 0.410 e. The van der Waals surface area contributed by atoms with E-state index < -0.39 is 21.6 Å². The Morgan fingerprint density at radius 3 is 2.36 bits per heavy atom. The monoisotopic (exact) mass is 784 g/mol. The van der Waals surface area contributed by atoms with Crippen LogP contribution in [-0.2, 0) is 14.9 Å². The molecule has 0 unspecified atom stereocenters. The van der Waals surface area contributed by atoms with E-state index >= 15 is 0 Å². The molecule has 16 heteroatoms. The van der Waals surface area contributed by atoms with Gasteiger partial charge in [0.1, 0.15) is 23.5 Å². The van der Waals surface area contributed by atoms with E-state index in [2.05, 4.69) is 19.8 Å². The molecular weight excluding hydrogens is 728 g/mol. The molecule has 1 spiro atoms. The zero-order valence-corrected chi connectivity index (χ0v) is 33.9. The Bertz CT molecular complexity index is 1840. The zero-order valence-electron chi connectivity index (χ0n) is 33.1. The zero-order chi connectivity index (χ0) is 39.3. The number of benzene rings is 1. The van der Waals surface area contributed by atoms with Gasteiger partial charge in [0.05, 0.1) is 17.8 Å². The number of piperidine rings is 2. The number of halogens is 1. The molecule has 7 rings (SSSR count). The Labute approximate surface area is 325 Å². The normalized spacial score (nSPS) is 23.7. The molecule has 5 aliphatic rings. The summed E-state index contributed by atoms with van der Waals surface area (Å²) in [5.74, 6) is 1.00. The second kappa shape index (κ2) is 15.4. The highest BCUT2D eigenvalue weighted by molar-refractivity contribution is 7.86. The second-order valence-electron chi connectivity index (χ2n) is 17.4. The van der Waals surface area contributed by atoms with Gasteiger partial charge in [-0.25, -0.2) is 19.2 Å². The fourth-order valence-corrected chi connectivity index (χ4v) is 11.0. The first-order chi connectivity index (χ1) is 26.1. The van der Waals surface area contributed by atoms with E-state index in [1.807, 2.05) is 41.5 Å². The third kappa shape index (κ3) is 8.28. The van der Waals surface area contributed by atoms with Gasteiger partial charge in [-0.3, -0.25) is 4.79 Å². The largest absolute Gasteiger partial charge is 0.451 e. The molecule has 2 atom stereocenters. The van der Waals surface area contributed by atoms with Crippen molar-refractivity contribution in [3.05, 3.63) is 42.1 Å². The van der Waals surface area contributed by atoms with Gasteiger partial charge in [0.25, 0.3) is 16.1 Å². The Balaban J connectivity index is 0.879. The average Bonchev–Trinajstić information content (AvgIpc) is 3.74. The number of hydrogen-bond acceptors (Lipinski definition) is 10. The van der Waals surface area contributed by atoms with Crippen LogP contribution in [0.3, 0.4) is 0 Å². The first-order valence-corrected chi connectivity index (χ1v) is 21.3. The molecule has 55 heavy (non-hydrogen) atoms. The maximum absolute atomic E-state index is 14.3. The summed E-state index contributed by atoms with van der Waals surface area (Å²) in [7, 11) is -3.59. The number of aromatic nitrogens is 2. The fourth-order valence-electron chi connectivity index (χ4n) is 9.13. The molecule has 1 aromatic heterocycles. The minimum atomic E-state index is -3.59. The van der Waals surface area contributed by atoms with E-state index in [4.69, 9.17) is 9.47 Å². The summed E-state index contributed by atoms with van der Waals surface area (Å²) in [6, 6.07) is 3.62. The SMILES string of the molecule is CCN(C(=O)c1cc(F)ccc1Oc1cncnc1N1CC2(CCN(CC3CCN(S(=O)(=O)N4C[C@@H]5C[C@H]4CN5C(=O)OC(C)(C)C)CC3)CC2)C1)C(C)C. The van der Waals surface area contributed by atoms with Crippen molar-refractivity contribution >= 4 is 28.0 Å². The number of hydrogen-bond donors (Lipinski definition) is 0. The average molecular weight is 785 g/mol. The van der Waals surface area contributed by atoms with Crippen molar-refractivity contribution < 1.29 is 31.9 Å². The molecule has 5 fully saturated rings. The van der Waals surface area contributed by atoms with E-state index in [0.29, 0.717) is 56.6 Å². The Kier molecular flexibility index (Phi) is 11.1.